The molecule has 3 heterocycles. The van der Waals surface area contributed by atoms with Crippen LogP contribution < -0.4 is 10.2 Å². The van der Waals surface area contributed by atoms with Crippen molar-refractivity contribution >= 4 is 22.7 Å². The summed E-state index contributed by atoms with van der Waals surface area (Å²) in [6, 6.07) is 6.82. The number of nitrogens with one attached hydrogen (secondary N) is 1. The molecule has 1 aliphatic heterocycles. The van der Waals surface area contributed by atoms with Gasteiger partial charge in [-0.3, -0.25) is 9.97 Å². The minimum atomic E-state index is 0.458. The van der Waals surface area contributed by atoms with Crippen LogP contribution in [0.15, 0.2) is 43.0 Å². The molecule has 2 aromatic heterocycles. The Hall–Kier alpha value is -2.80. The molecule has 0 atom stereocenters. The number of aromatic nitrogens is 4. The third-order valence-electron chi connectivity index (χ3n) is 6.27. The fraction of sp³-hybridized carbons (Fsp3) is 0.478. The van der Waals surface area contributed by atoms with E-state index in [0.29, 0.717) is 12.0 Å². The van der Waals surface area contributed by atoms with Crippen molar-refractivity contribution in [2.75, 3.05) is 36.5 Å². The van der Waals surface area contributed by atoms with Crippen LogP contribution in [0, 0.1) is 5.92 Å². The Balaban J connectivity index is 1.29. The Morgan fingerprint density at radius 3 is 2.47 bits per heavy atom. The average molecular weight is 405 g/mol. The average Bonchev–Trinajstić information content (AvgIpc) is 2.81. The Morgan fingerprint density at radius 1 is 0.900 bits per heavy atom. The Kier molecular flexibility index (Phi) is 5.70. The van der Waals surface area contributed by atoms with Crippen molar-refractivity contribution in [1.82, 2.24) is 19.9 Å². The van der Waals surface area contributed by atoms with Gasteiger partial charge in [0.2, 0.25) is 5.95 Å². The number of anilines is 2. The smallest absolute Gasteiger partial charge is 0.222 e. The Morgan fingerprint density at radius 2 is 1.67 bits per heavy atom. The second-order valence-corrected chi connectivity index (χ2v) is 8.27. The van der Waals surface area contributed by atoms with Crippen molar-refractivity contribution in [3.05, 3.63) is 48.5 Å². The highest BCUT2D eigenvalue weighted by atomic mass is 16.5. The van der Waals surface area contributed by atoms with Gasteiger partial charge in [-0.1, -0.05) is 0 Å². The number of benzene rings is 1. The van der Waals surface area contributed by atoms with E-state index in [0.717, 1.165) is 62.5 Å². The number of hydrogen-bond acceptors (Lipinski definition) is 7. The fourth-order valence-corrected chi connectivity index (χ4v) is 4.67. The van der Waals surface area contributed by atoms with Gasteiger partial charge in [-0.25, -0.2) is 9.97 Å². The van der Waals surface area contributed by atoms with Crippen molar-refractivity contribution in [3.63, 3.8) is 0 Å². The summed E-state index contributed by atoms with van der Waals surface area (Å²) in [5.74, 6) is 1.41. The zero-order chi connectivity index (χ0) is 20.2. The first kappa shape index (κ1) is 19.2. The van der Waals surface area contributed by atoms with Crippen molar-refractivity contribution < 1.29 is 4.74 Å². The Bertz CT molecular complexity index is 968. The third kappa shape index (κ3) is 4.36. The zero-order valence-electron chi connectivity index (χ0n) is 17.2. The van der Waals surface area contributed by atoms with E-state index in [1.807, 2.05) is 6.07 Å². The van der Waals surface area contributed by atoms with Crippen LogP contribution in [0.2, 0.25) is 0 Å². The molecule has 1 saturated carbocycles. The van der Waals surface area contributed by atoms with Gasteiger partial charge >= 0.3 is 0 Å². The fourth-order valence-electron chi connectivity index (χ4n) is 4.67. The molecule has 1 aromatic carbocycles. The first-order valence-electron chi connectivity index (χ1n) is 10.9. The monoisotopic (exact) mass is 404 g/mol. The highest BCUT2D eigenvalue weighted by molar-refractivity contribution is 5.82. The summed E-state index contributed by atoms with van der Waals surface area (Å²) < 4.78 is 5.53. The van der Waals surface area contributed by atoms with E-state index in [-0.39, 0.29) is 0 Å². The number of ether oxygens (including phenoxy) is 1. The van der Waals surface area contributed by atoms with E-state index in [2.05, 4.69) is 42.3 Å². The summed E-state index contributed by atoms with van der Waals surface area (Å²) in [5, 5.41) is 3.48. The quantitative estimate of drug-likeness (QED) is 0.698. The molecular weight excluding hydrogens is 376 g/mol. The summed E-state index contributed by atoms with van der Waals surface area (Å²) in [7, 11) is 0. The first-order valence-corrected chi connectivity index (χ1v) is 10.9. The molecule has 1 saturated heterocycles. The maximum Gasteiger partial charge on any atom is 0.222 e. The standard InChI is InChI=1S/C23H28N6O/c1-6-26-23(27-7-1)28-19-4-2-17(3-5-19)14-18-15-20(29-10-12-30-13-11-29)16-21-22(18)25-9-8-24-21/h1,6-9,15-17,19H,2-5,10-14H2,(H,26,27,28). The van der Waals surface area contributed by atoms with E-state index in [4.69, 9.17) is 4.74 Å². The van der Waals surface area contributed by atoms with Gasteiger partial charge in [0.25, 0.3) is 0 Å². The van der Waals surface area contributed by atoms with Crippen molar-refractivity contribution in [2.24, 2.45) is 5.92 Å². The Labute approximate surface area is 176 Å². The molecule has 30 heavy (non-hydrogen) atoms. The van der Waals surface area contributed by atoms with E-state index >= 15 is 0 Å². The molecule has 1 N–H and O–H groups in total. The van der Waals surface area contributed by atoms with E-state index < -0.39 is 0 Å². The topological polar surface area (TPSA) is 76.1 Å². The molecule has 156 valence electrons. The summed E-state index contributed by atoms with van der Waals surface area (Å²) in [5.41, 5.74) is 4.61. The van der Waals surface area contributed by atoms with Gasteiger partial charge in [0.1, 0.15) is 0 Å². The van der Waals surface area contributed by atoms with Crippen LogP contribution >= 0.6 is 0 Å². The van der Waals surface area contributed by atoms with E-state index in [1.165, 1.54) is 24.1 Å². The largest absolute Gasteiger partial charge is 0.378 e. The summed E-state index contributed by atoms with van der Waals surface area (Å²) in [6.45, 7) is 3.44. The molecular formula is C23H28N6O. The number of nitrogens with zero attached hydrogens (tertiary/aromatic N) is 5. The second kappa shape index (κ2) is 8.92. The highest BCUT2D eigenvalue weighted by Crippen LogP contribution is 2.32. The van der Waals surface area contributed by atoms with Crippen LogP contribution in [0.5, 0.6) is 0 Å². The lowest BCUT2D eigenvalue weighted by Crippen LogP contribution is -2.36. The predicted molar refractivity (Wildman–Crippen MR) is 118 cm³/mol. The van der Waals surface area contributed by atoms with Crippen LogP contribution in [-0.4, -0.2) is 52.3 Å². The predicted octanol–water partition coefficient (Wildman–Crippen LogP) is 3.47. The number of rotatable bonds is 5. The SMILES string of the molecule is c1cnc(NC2CCC(Cc3cc(N4CCOCC4)cc4nccnc34)CC2)nc1. The lowest BCUT2D eigenvalue weighted by molar-refractivity contribution is 0.122. The molecule has 0 unspecified atom stereocenters. The van der Waals surface area contributed by atoms with Crippen LogP contribution in [0.25, 0.3) is 11.0 Å². The molecule has 0 radical (unpaired) electrons. The molecule has 3 aromatic rings. The first-order chi connectivity index (χ1) is 14.8. The number of morpholine rings is 1. The number of hydrogen-bond donors (Lipinski definition) is 1. The second-order valence-electron chi connectivity index (χ2n) is 8.27. The summed E-state index contributed by atoms with van der Waals surface area (Å²) in [4.78, 5) is 20.3. The van der Waals surface area contributed by atoms with Gasteiger partial charge in [-0.15, -0.1) is 0 Å². The molecule has 0 amide bonds. The molecule has 1 aliphatic carbocycles. The van der Waals surface area contributed by atoms with Crippen molar-refractivity contribution in [3.8, 4) is 0 Å². The highest BCUT2D eigenvalue weighted by Gasteiger charge is 2.23. The molecule has 7 heteroatoms. The molecule has 0 spiro atoms. The zero-order valence-corrected chi connectivity index (χ0v) is 17.2. The maximum atomic E-state index is 5.53. The molecule has 0 bridgehead atoms. The van der Waals surface area contributed by atoms with Crippen LogP contribution in [0.1, 0.15) is 31.2 Å². The van der Waals surface area contributed by atoms with Gasteiger partial charge in [-0.2, -0.15) is 0 Å². The number of fused-ring (bicyclic) bond motifs is 1. The summed E-state index contributed by atoms with van der Waals surface area (Å²) in [6.07, 6.45) is 12.9. The van der Waals surface area contributed by atoms with Gasteiger partial charge in [0.15, 0.2) is 0 Å². The molecule has 2 aliphatic rings. The van der Waals surface area contributed by atoms with Crippen LogP contribution in [0.3, 0.4) is 0 Å². The molecule has 7 nitrogen and oxygen atoms in total. The van der Waals surface area contributed by atoms with Gasteiger partial charge in [0, 0.05) is 49.6 Å². The molecule has 5 rings (SSSR count). The van der Waals surface area contributed by atoms with Gasteiger partial charge in [0.05, 0.1) is 24.2 Å². The van der Waals surface area contributed by atoms with E-state index in [9.17, 15) is 0 Å². The van der Waals surface area contributed by atoms with Crippen molar-refractivity contribution in [1.29, 1.82) is 0 Å². The lowest BCUT2D eigenvalue weighted by Gasteiger charge is -2.31. The van der Waals surface area contributed by atoms with Gasteiger partial charge < -0.3 is 15.0 Å². The van der Waals surface area contributed by atoms with Crippen LogP contribution in [-0.2, 0) is 11.2 Å². The lowest BCUT2D eigenvalue weighted by atomic mass is 9.82. The minimum Gasteiger partial charge on any atom is -0.378 e. The summed E-state index contributed by atoms with van der Waals surface area (Å²) >= 11 is 0. The van der Waals surface area contributed by atoms with Crippen molar-refractivity contribution in [2.45, 2.75) is 38.1 Å². The van der Waals surface area contributed by atoms with Crippen LogP contribution in [0.4, 0.5) is 11.6 Å². The third-order valence-corrected chi connectivity index (χ3v) is 6.27. The maximum absolute atomic E-state index is 5.53. The van der Waals surface area contributed by atoms with Gasteiger partial charge in [-0.05, 0) is 61.8 Å². The molecule has 2 fully saturated rings. The normalized spacial score (nSPS) is 22.2. The minimum absolute atomic E-state index is 0.458. The van der Waals surface area contributed by atoms with E-state index in [1.54, 1.807) is 24.8 Å².